The fourth-order valence-electron chi connectivity index (χ4n) is 1.23. The number of hydrogen-bond acceptors (Lipinski definition) is 4. The molecule has 1 atom stereocenters. The number of anilines is 2. The van der Waals surface area contributed by atoms with Gasteiger partial charge in [0.05, 0.1) is 11.8 Å². The highest BCUT2D eigenvalue weighted by molar-refractivity contribution is 5.62. The molecule has 0 saturated heterocycles. The Morgan fingerprint density at radius 2 is 2.38 bits per heavy atom. The standard InChI is InChI=1S/C9H15N3O/c1-7(13)6-12(2)8-4-3-5-11-9(8)10/h3-5,7,13H,6H2,1-2H3,(H2,10,11). The molecule has 3 N–H and O–H groups in total. The SMILES string of the molecule is CC(O)CN(C)c1cccnc1N. The molecule has 4 nitrogen and oxygen atoms in total. The topological polar surface area (TPSA) is 62.4 Å². The first kappa shape index (κ1) is 9.80. The van der Waals surface area contributed by atoms with Crippen LogP contribution in [0.4, 0.5) is 11.5 Å². The molecule has 0 spiro atoms. The summed E-state index contributed by atoms with van der Waals surface area (Å²) in [5, 5.41) is 9.17. The van der Waals surface area contributed by atoms with E-state index in [0.29, 0.717) is 12.4 Å². The number of likely N-dealkylation sites (N-methyl/N-ethyl adjacent to an activating group) is 1. The van der Waals surface area contributed by atoms with Crippen LogP contribution in [0.25, 0.3) is 0 Å². The van der Waals surface area contributed by atoms with Gasteiger partial charge in [-0.2, -0.15) is 0 Å². The van der Waals surface area contributed by atoms with Crippen LogP contribution in [-0.2, 0) is 0 Å². The normalized spacial score (nSPS) is 12.5. The van der Waals surface area contributed by atoms with E-state index in [9.17, 15) is 5.11 Å². The molecule has 0 aliphatic carbocycles. The van der Waals surface area contributed by atoms with Crippen LogP contribution in [-0.4, -0.2) is 29.8 Å². The number of nitrogens with two attached hydrogens (primary N) is 1. The van der Waals surface area contributed by atoms with Crippen LogP contribution in [0.1, 0.15) is 6.92 Å². The van der Waals surface area contributed by atoms with Gasteiger partial charge in [-0.25, -0.2) is 4.98 Å². The molecule has 13 heavy (non-hydrogen) atoms. The van der Waals surface area contributed by atoms with Gasteiger partial charge in [-0.3, -0.25) is 0 Å². The Bertz CT molecular complexity index is 275. The highest BCUT2D eigenvalue weighted by Crippen LogP contribution is 2.18. The summed E-state index contributed by atoms with van der Waals surface area (Å²) in [7, 11) is 1.88. The number of aromatic nitrogens is 1. The summed E-state index contributed by atoms with van der Waals surface area (Å²) in [5.74, 6) is 0.491. The number of nitrogen functional groups attached to an aromatic ring is 1. The molecule has 0 amide bonds. The van der Waals surface area contributed by atoms with Crippen molar-refractivity contribution in [3.63, 3.8) is 0 Å². The Morgan fingerprint density at radius 1 is 1.69 bits per heavy atom. The van der Waals surface area contributed by atoms with Crippen molar-refractivity contribution in [2.45, 2.75) is 13.0 Å². The van der Waals surface area contributed by atoms with Crippen molar-refractivity contribution in [3.8, 4) is 0 Å². The quantitative estimate of drug-likeness (QED) is 0.712. The lowest BCUT2D eigenvalue weighted by Crippen LogP contribution is -2.27. The molecule has 0 bridgehead atoms. The van der Waals surface area contributed by atoms with Crippen LogP contribution >= 0.6 is 0 Å². The second-order valence-electron chi connectivity index (χ2n) is 3.14. The molecule has 1 heterocycles. The third-order valence-corrected chi connectivity index (χ3v) is 1.77. The van der Waals surface area contributed by atoms with E-state index in [0.717, 1.165) is 5.69 Å². The first-order chi connectivity index (χ1) is 6.11. The second-order valence-corrected chi connectivity index (χ2v) is 3.14. The van der Waals surface area contributed by atoms with Crippen molar-refractivity contribution in [1.82, 2.24) is 4.98 Å². The Kier molecular flexibility index (Phi) is 3.08. The molecule has 0 radical (unpaired) electrons. The Hall–Kier alpha value is -1.29. The summed E-state index contributed by atoms with van der Waals surface area (Å²) >= 11 is 0. The summed E-state index contributed by atoms with van der Waals surface area (Å²) in [6, 6.07) is 3.70. The minimum Gasteiger partial charge on any atom is -0.392 e. The zero-order valence-corrected chi connectivity index (χ0v) is 7.94. The van der Waals surface area contributed by atoms with E-state index in [1.54, 1.807) is 13.1 Å². The third kappa shape index (κ3) is 2.59. The zero-order chi connectivity index (χ0) is 9.84. The molecule has 1 aromatic rings. The van der Waals surface area contributed by atoms with Crippen LogP contribution < -0.4 is 10.6 Å². The molecular formula is C9H15N3O. The molecule has 0 aliphatic heterocycles. The van der Waals surface area contributed by atoms with Crippen LogP contribution in [0, 0.1) is 0 Å². The minimum atomic E-state index is -0.371. The summed E-state index contributed by atoms with van der Waals surface area (Å²) in [5.41, 5.74) is 6.51. The average molecular weight is 181 g/mol. The summed E-state index contributed by atoms with van der Waals surface area (Å²) in [4.78, 5) is 5.84. The Morgan fingerprint density at radius 3 is 2.92 bits per heavy atom. The van der Waals surface area contributed by atoms with Crippen LogP contribution in [0.15, 0.2) is 18.3 Å². The van der Waals surface area contributed by atoms with Crippen molar-refractivity contribution in [2.75, 3.05) is 24.2 Å². The maximum Gasteiger partial charge on any atom is 0.146 e. The number of hydrogen-bond donors (Lipinski definition) is 2. The largest absolute Gasteiger partial charge is 0.392 e. The molecule has 1 unspecified atom stereocenters. The minimum absolute atomic E-state index is 0.371. The van der Waals surface area contributed by atoms with Gasteiger partial charge in [0, 0.05) is 19.8 Å². The highest BCUT2D eigenvalue weighted by atomic mass is 16.3. The maximum atomic E-state index is 9.17. The Balaban J connectivity index is 2.76. The fraction of sp³-hybridized carbons (Fsp3) is 0.444. The van der Waals surface area contributed by atoms with Gasteiger partial charge in [0.15, 0.2) is 0 Å². The molecule has 1 rings (SSSR count). The molecular weight excluding hydrogens is 166 g/mol. The summed E-state index contributed by atoms with van der Waals surface area (Å²) < 4.78 is 0. The summed E-state index contributed by atoms with van der Waals surface area (Å²) in [6.07, 6.45) is 1.28. The average Bonchev–Trinajstić information content (AvgIpc) is 2.03. The Labute approximate surface area is 78.0 Å². The molecule has 4 heteroatoms. The van der Waals surface area contributed by atoms with E-state index in [1.165, 1.54) is 0 Å². The van der Waals surface area contributed by atoms with Gasteiger partial charge in [0.1, 0.15) is 5.82 Å². The van der Waals surface area contributed by atoms with Gasteiger partial charge in [-0.1, -0.05) is 0 Å². The van der Waals surface area contributed by atoms with Crippen LogP contribution in [0.2, 0.25) is 0 Å². The molecule has 1 aromatic heterocycles. The highest BCUT2D eigenvalue weighted by Gasteiger charge is 2.07. The van der Waals surface area contributed by atoms with Crippen molar-refractivity contribution in [1.29, 1.82) is 0 Å². The van der Waals surface area contributed by atoms with Crippen molar-refractivity contribution < 1.29 is 5.11 Å². The van der Waals surface area contributed by atoms with Crippen molar-refractivity contribution in [3.05, 3.63) is 18.3 Å². The van der Waals surface area contributed by atoms with Gasteiger partial charge >= 0.3 is 0 Å². The number of nitrogens with zero attached hydrogens (tertiary/aromatic N) is 2. The second kappa shape index (κ2) is 4.09. The maximum absolute atomic E-state index is 9.17. The van der Waals surface area contributed by atoms with Gasteiger partial charge in [0.25, 0.3) is 0 Å². The van der Waals surface area contributed by atoms with E-state index in [1.807, 2.05) is 24.1 Å². The van der Waals surface area contributed by atoms with Crippen molar-refractivity contribution in [2.24, 2.45) is 0 Å². The van der Waals surface area contributed by atoms with E-state index in [2.05, 4.69) is 4.98 Å². The monoisotopic (exact) mass is 181 g/mol. The predicted molar refractivity (Wildman–Crippen MR) is 53.6 cm³/mol. The number of rotatable bonds is 3. The molecule has 72 valence electrons. The van der Waals surface area contributed by atoms with Crippen LogP contribution in [0.3, 0.4) is 0 Å². The van der Waals surface area contributed by atoms with Crippen LogP contribution in [0.5, 0.6) is 0 Å². The van der Waals surface area contributed by atoms with Gasteiger partial charge in [-0.15, -0.1) is 0 Å². The number of aliphatic hydroxyl groups is 1. The predicted octanol–water partition coefficient (Wildman–Crippen LogP) is 0.481. The van der Waals surface area contributed by atoms with E-state index in [4.69, 9.17) is 5.73 Å². The first-order valence-corrected chi connectivity index (χ1v) is 4.21. The lowest BCUT2D eigenvalue weighted by Gasteiger charge is -2.21. The third-order valence-electron chi connectivity index (χ3n) is 1.77. The van der Waals surface area contributed by atoms with E-state index >= 15 is 0 Å². The van der Waals surface area contributed by atoms with Crippen molar-refractivity contribution >= 4 is 11.5 Å². The van der Waals surface area contributed by atoms with E-state index in [-0.39, 0.29) is 6.10 Å². The van der Waals surface area contributed by atoms with Gasteiger partial charge in [0.2, 0.25) is 0 Å². The lowest BCUT2D eigenvalue weighted by molar-refractivity contribution is 0.201. The lowest BCUT2D eigenvalue weighted by atomic mass is 10.3. The zero-order valence-electron chi connectivity index (χ0n) is 7.94. The molecule has 0 aromatic carbocycles. The smallest absolute Gasteiger partial charge is 0.146 e. The number of pyridine rings is 1. The molecule has 0 saturated carbocycles. The fourth-order valence-corrected chi connectivity index (χ4v) is 1.23. The molecule has 0 fully saturated rings. The summed E-state index contributed by atoms with van der Waals surface area (Å²) in [6.45, 7) is 2.29. The molecule has 0 aliphatic rings. The first-order valence-electron chi connectivity index (χ1n) is 4.21. The van der Waals surface area contributed by atoms with Gasteiger partial charge in [-0.05, 0) is 19.1 Å². The van der Waals surface area contributed by atoms with Gasteiger partial charge < -0.3 is 15.7 Å². The van der Waals surface area contributed by atoms with E-state index < -0.39 is 0 Å². The number of aliphatic hydroxyl groups excluding tert-OH is 1.